The molecule has 1 amide bonds. The van der Waals surface area contributed by atoms with Crippen molar-refractivity contribution in [2.75, 3.05) is 41.8 Å². The number of hydrogen-bond acceptors (Lipinski definition) is 9. The number of carbonyl (C=O) groups excluding carboxylic acids is 1. The van der Waals surface area contributed by atoms with Crippen LogP contribution < -0.4 is 23.7 Å². The van der Waals surface area contributed by atoms with Crippen LogP contribution >= 0.6 is 0 Å². The molecule has 0 spiro atoms. The predicted molar refractivity (Wildman–Crippen MR) is 132 cm³/mol. The maximum atomic E-state index is 14.1. The minimum atomic E-state index is -0.691. The van der Waals surface area contributed by atoms with E-state index in [0.717, 1.165) is 16.7 Å². The number of piperazine rings is 1. The highest BCUT2D eigenvalue weighted by molar-refractivity contribution is 5.87. The van der Waals surface area contributed by atoms with Gasteiger partial charge in [0.1, 0.15) is 11.5 Å². The Hall–Kier alpha value is -3.37. The van der Waals surface area contributed by atoms with Gasteiger partial charge < -0.3 is 38.8 Å². The van der Waals surface area contributed by atoms with Crippen molar-refractivity contribution in [1.29, 1.82) is 0 Å². The zero-order valence-electron chi connectivity index (χ0n) is 21.9. The van der Waals surface area contributed by atoms with Gasteiger partial charge in [-0.2, -0.15) is 0 Å². The summed E-state index contributed by atoms with van der Waals surface area (Å²) in [5, 5.41) is 21.9. The molecule has 10 heteroatoms. The summed E-state index contributed by atoms with van der Waals surface area (Å²) in [6.45, 7) is 3.42. The summed E-state index contributed by atoms with van der Waals surface area (Å²) in [4.78, 5) is 18.0. The third kappa shape index (κ3) is 2.91. The lowest BCUT2D eigenvalue weighted by molar-refractivity contribution is -0.158. The van der Waals surface area contributed by atoms with Gasteiger partial charge in [0.25, 0.3) is 0 Å². The van der Waals surface area contributed by atoms with Crippen LogP contribution in [0.4, 0.5) is 0 Å². The van der Waals surface area contributed by atoms with Gasteiger partial charge in [-0.3, -0.25) is 9.69 Å². The quantitative estimate of drug-likeness (QED) is 0.637. The molecule has 198 valence electrons. The van der Waals surface area contributed by atoms with Crippen molar-refractivity contribution in [2.24, 2.45) is 0 Å². The monoisotopic (exact) mass is 512 g/mol. The highest BCUT2D eigenvalue weighted by atomic mass is 16.7. The Morgan fingerprint density at radius 2 is 1.59 bits per heavy atom. The molecule has 2 N–H and O–H groups in total. The fourth-order valence-corrected chi connectivity index (χ4v) is 7.11. The van der Waals surface area contributed by atoms with Crippen molar-refractivity contribution >= 4 is 5.91 Å². The zero-order chi connectivity index (χ0) is 26.3. The van der Waals surface area contributed by atoms with Gasteiger partial charge in [-0.15, -0.1) is 0 Å². The van der Waals surface area contributed by atoms with Gasteiger partial charge in [0.2, 0.25) is 12.7 Å². The van der Waals surface area contributed by atoms with Crippen molar-refractivity contribution in [3.8, 4) is 34.5 Å². The third-order valence-electron chi connectivity index (χ3n) is 8.65. The van der Waals surface area contributed by atoms with E-state index in [9.17, 15) is 15.0 Å². The van der Waals surface area contributed by atoms with Gasteiger partial charge in [-0.1, -0.05) is 0 Å². The highest BCUT2D eigenvalue weighted by Crippen LogP contribution is 2.58. The fourth-order valence-electron chi connectivity index (χ4n) is 7.11. The number of phenols is 1. The van der Waals surface area contributed by atoms with Crippen LogP contribution in [0.2, 0.25) is 0 Å². The number of aliphatic hydroxyl groups excluding tert-OH is 1. The molecule has 1 saturated heterocycles. The van der Waals surface area contributed by atoms with Crippen LogP contribution in [0, 0.1) is 13.8 Å². The molecular formula is C27H32N2O8. The maximum absolute atomic E-state index is 14.1. The van der Waals surface area contributed by atoms with Crippen LogP contribution in [0.3, 0.4) is 0 Å². The number of rotatable bonds is 4. The van der Waals surface area contributed by atoms with E-state index in [1.807, 2.05) is 14.0 Å². The molecule has 0 saturated carbocycles. The summed E-state index contributed by atoms with van der Waals surface area (Å²) in [5.74, 6) is 2.87. The number of methoxy groups -OCH3 is 3. The van der Waals surface area contributed by atoms with Gasteiger partial charge in [-0.25, -0.2) is 0 Å². The van der Waals surface area contributed by atoms with Crippen LogP contribution in [0.5, 0.6) is 34.5 Å². The SMILES string of the molecule is COc1c(C)c(OC)c(OC)c2c1C[C@H]1C(=O)N3C(Cc4c(O)c(C)c5c(c4[C@@H]3CO)OCO5)[C@H]2N1C. The Bertz CT molecular complexity index is 1320. The van der Waals surface area contributed by atoms with Crippen LogP contribution in [0.1, 0.15) is 45.5 Å². The molecule has 4 atom stereocenters. The largest absolute Gasteiger partial charge is 0.507 e. The number of nitrogens with zero attached hydrogens (tertiary/aromatic N) is 2. The average Bonchev–Trinajstić information content (AvgIpc) is 3.38. The first kappa shape index (κ1) is 24.0. The molecule has 2 aromatic rings. The smallest absolute Gasteiger partial charge is 0.241 e. The number of phenolic OH excluding ortho intramolecular Hbond substituents is 1. The van der Waals surface area contributed by atoms with E-state index >= 15 is 0 Å². The second-order valence-electron chi connectivity index (χ2n) is 10.1. The Kier molecular flexibility index (Phi) is 5.40. The molecule has 2 bridgehead atoms. The van der Waals surface area contributed by atoms with Gasteiger partial charge in [0.15, 0.2) is 23.0 Å². The summed E-state index contributed by atoms with van der Waals surface area (Å²) in [6, 6.07) is -1.84. The minimum absolute atomic E-state index is 0.0269. The van der Waals surface area contributed by atoms with Gasteiger partial charge in [0, 0.05) is 39.8 Å². The lowest BCUT2D eigenvalue weighted by atomic mass is 9.73. The fraction of sp³-hybridized carbons (Fsp3) is 0.519. The normalized spacial score (nSPS) is 25.4. The summed E-state index contributed by atoms with van der Waals surface area (Å²) >= 11 is 0. The summed E-state index contributed by atoms with van der Waals surface area (Å²) in [7, 11) is 6.79. The summed E-state index contributed by atoms with van der Waals surface area (Å²) < 4.78 is 29.0. The Morgan fingerprint density at radius 3 is 2.24 bits per heavy atom. The number of carbonyl (C=O) groups is 1. The van der Waals surface area contributed by atoms with Crippen LogP contribution in [-0.2, 0) is 17.6 Å². The van der Waals surface area contributed by atoms with Gasteiger partial charge >= 0.3 is 0 Å². The predicted octanol–water partition coefficient (Wildman–Crippen LogP) is 2.16. The first-order valence-electron chi connectivity index (χ1n) is 12.4. The van der Waals surface area contributed by atoms with Crippen molar-refractivity contribution in [3.05, 3.63) is 33.4 Å². The second-order valence-corrected chi connectivity index (χ2v) is 10.1. The number of fused-ring (bicyclic) bond motifs is 9. The molecule has 4 heterocycles. The Morgan fingerprint density at radius 1 is 0.919 bits per heavy atom. The highest BCUT2D eigenvalue weighted by Gasteiger charge is 2.56. The standard InChI is InChI=1S/C27H32N2O8/c1-11-21(31)13-7-15-20-19-14(22(33-4)12(2)23(34-5)25(19)35-6)8-16(28(20)3)27(32)29(15)17(9-30)18(13)26-24(11)36-10-37-26/h15-17,20,30-31H,7-10H2,1-6H3/t15?,16-,17-,20+/m0/s1. The molecule has 10 nitrogen and oxygen atoms in total. The number of benzene rings is 2. The van der Waals surface area contributed by atoms with Crippen molar-refractivity contribution < 1.29 is 38.7 Å². The Balaban J connectivity index is 1.62. The molecular weight excluding hydrogens is 480 g/mol. The van der Waals surface area contributed by atoms with Crippen LogP contribution in [0.25, 0.3) is 0 Å². The number of ether oxygens (including phenoxy) is 5. The molecule has 1 fully saturated rings. The molecule has 2 aromatic carbocycles. The molecule has 37 heavy (non-hydrogen) atoms. The molecule has 4 aliphatic rings. The molecule has 4 aliphatic heterocycles. The molecule has 0 aromatic heterocycles. The van der Waals surface area contributed by atoms with E-state index in [-0.39, 0.29) is 31.1 Å². The van der Waals surface area contributed by atoms with Crippen molar-refractivity contribution in [2.45, 2.75) is 50.9 Å². The van der Waals surface area contributed by atoms with E-state index in [4.69, 9.17) is 23.7 Å². The van der Waals surface area contributed by atoms with E-state index < -0.39 is 18.1 Å². The van der Waals surface area contributed by atoms with Gasteiger partial charge in [-0.05, 0) is 27.3 Å². The maximum Gasteiger partial charge on any atom is 0.241 e. The van der Waals surface area contributed by atoms with E-state index in [2.05, 4.69) is 4.90 Å². The zero-order valence-corrected chi connectivity index (χ0v) is 21.9. The molecule has 6 rings (SSSR count). The molecule has 0 radical (unpaired) electrons. The minimum Gasteiger partial charge on any atom is -0.507 e. The van der Waals surface area contributed by atoms with Crippen LogP contribution in [-0.4, -0.2) is 79.8 Å². The molecule has 0 aliphatic carbocycles. The number of amides is 1. The number of aliphatic hydroxyl groups is 1. The average molecular weight is 513 g/mol. The number of aromatic hydroxyl groups is 1. The lowest BCUT2D eigenvalue weighted by Crippen LogP contribution is -2.67. The summed E-state index contributed by atoms with van der Waals surface area (Å²) in [5.41, 5.74) is 4.52. The lowest BCUT2D eigenvalue weighted by Gasteiger charge is -2.57. The van der Waals surface area contributed by atoms with E-state index in [1.54, 1.807) is 33.2 Å². The molecule has 1 unspecified atom stereocenters. The van der Waals surface area contributed by atoms with E-state index in [1.165, 1.54) is 0 Å². The van der Waals surface area contributed by atoms with Gasteiger partial charge in [0.05, 0.1) is 52.1 Å². The number of likely N-dealkylation sites (N-methyl/N-ethyl adjacent to an activating group) is 1. The first-order chi connectivity index (χ1) is 17.8. The topological polar surface area (TPSA) is 110 Å². The van der Waals surface area contributed by atoms with Crippen molar-refractivity contribution in [1.82, 2.24) is 9.80 Å². The summed E-state index contributed by atoms with van der Waals surface area (Å²) in [6.07, 6.45) is 0.792. The van der Waals surface area contributed by atoms with Crippen molar-refractivity contribution in [3.63, 3.8) is 0 Å². The first-order valence-corrected chi connectivity index (χ1v) is 12.4. The van der Waals surface area contributed by atoms with E-state index in [0.29, 0.717) is 58.3 Å². The Labute approximate surface area is 215 Å². The third-order valence-corrected chi connectivity index (χ3v) is 8.65. The van der Waals surface area contributed by atoms with Crippen LogP contribution in [0.15, 0.2) is 0 Å². The second kappa shape index (κ2) is 8.32. The number of hydrogen-bond donors (Lipinski definition) is 2.